The van der Waals surface area contributed by atoms with Gasteiger partial charge in [0.05, 0.1) is 10.8 Å². The molecule has 2 atom stereocenters. The lowest BCUT2D eigenvalue weighted by Crippen LogP contribution is -2.36. The quantitative estimate of drug-likeness (QED) is 0.744. The first kappa shape index (κ1) is 19.6. The second-order valence-corrected chi connectivity index (χ2v) is 7.90. The Hall–Kier alpha value is -2.18. The van der Waals surface area contributed by atoms with E-state index in [1.807, 2.05) is 29.3 Å². The molecule has 0 aliphatic carbocycles. The van der Waals surface area contributed by atoms with E-state index in [2.05, 4.69) is 29.6 Å². The molecule has 3 rings (SSSR count). The van der Waals surface area contributed by atoms with E-state index < -0.39 is 0 Å². The van der Waals surface area contributed by atoms with E-state index in [1.165, 1.54) is 16.9 Å². The number of methoxy groups -OCH3 is 1. The lowest BCUT2D eigenvalue weighted by Gasteiger charge is -2.18. The zero-order valence-corrected chi connectivity index (χ0v) is 16.6. The zero-order chi connectivity index (χ0) is 19.2. The van der Waals surface area contributed by atoms with Crippen molar-refractivity contribution < 1.29 is 14.3 Å². The van der Waals surface area contributed by atoms with E-state index in [-0.39, 0.29) is 23.7 Å². The molecule has 144 valence electrons. The third-order valence-electron chi connectivity index (χ3n) is 5.01. The number of likely N-dealkylation sites (tertiary alicyclic amines) is 1. The van der Waals surface area contributed by atoms with Crippen molar-refractivity contribution in [2.24, 2.45) is 5.92 Å². The Morgan fingerprint density at radius 2 is 2.00 bits per heavy atom. The summed E-state index contributed by atoms with van der Waals surface area (Å²) in [6.07, 6.45) is 0.780. The lowest BCUT2D eigenvalue weighted by molar-refractivity contribution is -0.124. The monoisotopic (exact) mass is 386 g/mol. The number of rotatable bonds is 7. The van der Waals surface area contributed by atoms with Gasteiger partial charge in [-0.25, -0.2) is 0 Å². The smallest absolute Gasteiger partial charge is 0.263 e. The van der Waals surface area contributed by atoms with E-state index in [9.17, 15) is 9.59 Å². The summed E-state index contributed by atoms with van der Waals surface area (Å²) in [5, 5.41) is 4.91. The van der Waals surface area contributed by atoms with Crippen LogP contribution in [0, 0.1) is 12.8 Å². The minimum Gasteiger partial charge on any atom is -0.385 e. The molecule has 1 aromatic carbocycles. The van der Waals surface area contributed by atoms with Crippen molar-refractivity contribution in [3.8, 4) is 0 Å². The summed E-state index contributed by atoms with van der Waals surface area (Å²) < 4.78 is 5.04. The Balaban J connectivity index is 1.75. The summed E-state index contributed by atoms with van der Waals surface area (Å²) in [5.41, 5.74) is 2.29. The molecule has 27 heavy (non-hydrogen) atoms. The van der Waals surface area contributed by atoms with Gasteiger partial charge in [0.2, 0.25) is 5.91 Å². The van der Waals surface area contributed by atoms with Crippen LogP contribution in [0.2, 0.25) is 0 Å². The van der Waals surface area contributed by atoms with Gasteiger partial charge in [-0.15, -0.1) is 11.3 Å². The summed E-state index contributed by atoms with van der Waals surface area (Å²) >= 11 is 1.44. The van der Waals surface area contributed by atoms with Crippen LogP contribution in [0.5, 0.6) is 0 Å². The number of amides is 2. The average Bonchev–Trinajstić information content (AvgIpc) is 3.35. The Kier molecular flexibility index (Phi) is 6.63. The molecule has 1 aliphatic heterocycles. The second kappa shape index (κ2) is 9.15. The molecule has 1 aliphatic rings. The minimum atomic E-state index is -0.237. The molecule has 1 saturated heterocycles. The van der Waals surface area contributed by atoms with Crippen LogP contribution in [0.25, 0.3) is 0 Å². The topological polar surface area (TPSA) is 58.6 Å². The van der Waals surface area contributed by atoms with Crippen molar-refractivity contribution in [1.82, 2.24) is 10.2 Å². The van der Waals surface area contributed by atoms with E-state index in [1.54, 1.807) is 7.11 Å². The fourth-order valence-corrected chi connectivity index (χ4v) is 4.19. The van der Waals surface area contributed by atoms with Crippen LogP contribution in [0.3, 0.4) is 0 Å². The van der Waals surface area contributed by atoms with E-state index in [4.69, 9.17) is 4.74 Å². The van der Waals surface area contributed by atoms with Gasteiger partial charge in [0, 0.05) is 39.3 Å². The summed E-state index contributed by atoms with van der Waals surface area (Å²) in [6.45, 7) is 4.27. The maximum atomic E-state index is 12.8. The summed E-state index contributed by atoms with van der Waals surface area (Å²) in [4.78, 5) is 28.2. The van der Waals surface area contributed by atoms with Crippen molar-refractivity contribution >= 4 is 23.2 Å². The number of aryl methyl sites for hydroxylation is 1. The van der Waals surface area contributed by atoms with Crippen LogP contribution in [0.15, 0.2) is 41.8 Å². The number of hydrogen-bond donors (Lipinski definition) is 1. The van der Waals surface area contributed by atoms with Crippen molar-refractivity contribution in [1.29, 1.82) is 0 Å². The van der Waals surface area contributed by atoms with Crippen LogP contribution >= 0.6 is 11.3 Å². The standard InChI is InChI=1S/C21H26N2O3S/c1-15-6-8-16(9-7-15)17-13-23(21(25)19-5-3-12-27-19)14-18(17)20(24)22-10-4-11-26-2/h3,5-9,12,17-18H,4,10-11,13-14H2,1-2H3,(H,22,24)/t17-,18-/m0/s1. The molecule has 0 spiro atoms. The van der Waals surface area contributed by atoms with Crippen LogP contribution < -0.4 is 5.32 Å². The highest BCUT2D eigenvalue weighted by molar-refractivity contribution is 7.12. The highest BCUT2D eigenvalue weighted by atomic mass is 32.1. The molecule has 0 radical (unpaired) electrons. The predicted molar refractivity (Wildman–Crippen MR) is 107 cm³/mol. The van der Waals surface area contributed by atoms with Gasteiger partial charge in [0.1, 0.15) is 0 Å². The van der Waals surface area contributed by atoms with E-state index >= 15 is 0 Å². The normalized spacial score (nSPS) is 19.3. The summed E-state index contributed by atoms with van der Waals surface area (Å²) in [5.74, 6) is -0.203. The van der Waals surface area contributed by atoms with Gasteiger partial charge >= 0.3 is 0 Å². The number of nitrogens with one attached hydrogen (secondary N) is 1. The number of benzene rings is 1. The number of hydrogen-bond acceptors (Lipinski definition) is 4. The number of thiophene rings is 1. The first-order valence-electron chi connectivity index (χ1n) is 9.26. The molecule has 5 nitrogen and oxygen atoms in total. The van der Waals surface area contributed by atoms with Gasteiger partial charge < -0.3 is 15.0 Å². The highest BCUT2D eigenvalue weighted by Gasteiger charge is 2.40. The van der Waals surface area contributed by atoms with Crippen LogP contribution in [-0.4, -0.2) is 50.1 Å². The predicted octanol–water partition coefficient (Wildman–Crippen LogP) is 3.07. The zero-order valence-electron chi connectivity index (χ0n) is 15.8. The number of nitrogens with zero attached hydrogens (tertiary/aromatic N) is 1. The van der Waals surface area contributed by atoms with Gasteiger partial charge in [0.25, 0.3) is 5.91 Å². The van der Waals surface area contributed by atoms with Gasteiger partial charge in [-0.2, -0.15) is 0 Å². The lowest BCUT2D eigenvalue weighted by atomic mass is 9.88. The molecule has 6 heteroatoms. The molecule has 0 saturated carbocycles. The largest absolute Gasteiger partial charge is 0.385 e. The molecule has 0 bridgehead atoms. The maximum absolute atomic E-state index is 12.8. The molecule has 1 aromatic heterocycles. The molecule has 1 N–H and O–H groups in total. The third kappa shape index (κ3) is 4.76. The van der Waals surface area contributed by atoms with E-state index in [0.717, 1.165) is 16.9 Å². The van der Waals surface area contributed by atoms with Gasteiger partial charge in [-0.05, 0) is 30.4 Å². The molecule has 2 aromatic rings. The highest BCUT2D eigenvalue weighted by Crippen LogP contribution is 2.34. The second-order valence-electron chi connectivity index (χ2n) is 6.95. The van der Waals surface area contributed by atoms with Crippen molar-refractivity contribution in [2.75, 3.05) is 33.4 Å². The Morgan fingerprint density at radius 3 is 2.67 bits per heavy atom. The van der Waals surface area contributed by atoms with Crippen molar-refractivity contribution in [2.45, 2.75) is 19.3 Å². The average molecular weight is 387 g/mol. The molecule has 2 amide bonds. The van der Waals surface area contributed by atoms with Crippen LogP contribution in [0.1, 0.15) is 33.1 Å². The van der Waals surface area contributed by atoms with Crippen LogP contribution in [0.4, 0.5) is 0 Å². The molecular formula is C21H26N2O3S. The molecular weight excluding hydrogens is 360 g/mol. The van der Waals surface area contributed by atoms with Crippen molar-refractivity contribution in [3.63, 3.8) is 0 Å². The fourth-order valence-electron chi connectivity index (χ4n) is 3.50. The number of carbonyl (C=O) groups is 2. The van der Waals surface area contributed by atoms with Gasteiger partial charge in [-0.3, -0.25) is 9.59 Å². The van der Waals surface area contributed by atoms with Gasteiger partial charge in [-0.1, -0.05) is 35.9 Å². The number of carbonyl (C=O) groups excluding carboxylic acids is 2. The number of ether oxygens (including phenoxy) is 1. The van der Waals surface area contributed by atoms with Crippen molar-refractivity contribution in [3.05, 3.63) is 57.8 Å². The van der Waals surface area contributed by atoms with Gasteiger partial charge in [0.15, 0.2) is 0 Å². The molecule has 2 heterocycles. The Labute approximate surface area is 164 Å². The summed E-state index contributed by atoms with van der Waals surface area (Å²) in [7, 11) is 1.65. The fraction of sp³-hybridized carbons (Fsp3) is 0.429. The SMILES string of the molecule is COCCCNC(=O)[C@H]1CN(C(=O)c2cccs2)C[C@H]1c1ccc(C)cc1. The Bertz CT molecular complexity index is 758. The first-order chi connectivity index (χ1) is 13.1. The van der Waals surface area contributed by atoms with Crippen LogP contribution in [-0.2, 0) is 9.53 Å². The molecule has 0 unspecified atom stereocenters. The first-order valence-corrected chi connectivity index (χ1v) is 10.1. The molecule has 1 fully saturated rings. The minimum absolute atomic E-state index is 0.0109. The maximum Gasteiger partial charge on any atom is 0.263 e. The Morgan fingerprint density at radius 1 is 1.22 bits per heavy atom. The third-order valence-corrected chi connectivity index (χ3v) is 5.86. The van der Waals surface area contributed by atoms with E-state index in [0.29, 0.717) is 26.2 Å². The summed E-state index contributed by atoms with van der Waals surface area (Å²) in [6, 6.07) is 12.0.